The van der Waals surface area contributed by atoms with Crippen LogP contribution in [0.15, 0.2) is 33.6 Å². The van der Waals surface area contributed by atoms with E-state index in [0.717, 1.165) is 12.5 Å². The van der Waals surface area contributed by atoms with Crippen LogP contribution in [-0.2, 0) is 0 Å². The summed E-state index contributed by atoms with van der Waals surface area (Å²) in [5, 5.41) is 3.79. The van der Waals surface area contributed by atoms with Crippen LogP contribution in [0.2, 0.25) is 0 Å². The molecule has 0 radical (unpaired) electrons. The summed E-state index contributed by atoms with van der Waals surface area (Å²) in [4.78, 5) is 1.37. The fourth-order valence-corrected chi connectivity index (χ4v) is 4.67. The van der Waals surface area contributed by atoms with Gasteiger partial charge in [-0.15, -0.1) is 11.8 Å². The van der Waals surface area contributed by atoms with E-state index in [1.165, 1.54) is 53.6 Å². The molecule has 3 heteroatoms. The Morgan fingerprint density at radius 1 is 1.30 bits per heavy atom. The Morgan fingerprint density at radius 3 is 2.80 bits per heavy atom. The largest absolute Gasteiger partial charge is 0.313 e. The topological polar surface area (TPSA) is 12.0 Å². The fourth-order valence-electron chi connectivity index (χ4n) is 2.97. The first-order chi connectivity index (χ1) is 9.79. The molecule has 0 aromatic heterocycles. The Labute approximate surface area is 136 Å². The number of halogens is 1. The van der Waals surface area contributed by atoms with Gasteiger partial charge in [0.15, 0.2) is 0 Å². The minimum absolute atomic E-state index is 0.680. The molecule has 1 aromatic carbocycles. The number of nitrogens with one attached hydrogen (secondary N) is 1. The lowest BCUT2D eigenvalue weighted by atomic mass is 9.84. The summed E-state index contributed by atoms with van der Waals surface area (Å²) in [6.45, 7) is 3.41. The van der Waals surface area contributed by atoms with Gasteiger partial charge in [0.05, 0.1) is 0 Å². The third kappa shape index (κ3) is 5.42. The van der Waals surface area contributed by atoms with Crippen molar-refractivity contribution in [3.05, 3.63) is 28.7 Å². The molecule has 1 aliphatic carbocycles. The summed E-state index contributed by atoms with van der Waals surface area (Å²) in [5.74, 6) is 2.08. The quantitative estimate of drug-likeness (QED) is 0.649. The van der Waals surface area contributed by atoms with Crippen molar-refractivity contribution < 1.29 is 0 Å². The van der Waals surface area contributed by atoms with Gasteiger partial charge in [-0.05, 0) is 49.9 Å². The van der Waals surface area contributed by atoms with Gasteiger partial charge < -0.3 is 5.32 Å². The molecule has 0 aliphatic heterocycles. The van der Waals surface area contributed by atoms with Crippen LogP contribution in [0, 0.1) is 5.92 Å². The van der Waals surface area contributed by atoms with Crippen molar-refractivity contribution >= 4 is 27.7 Å². The van der Waals surface area contributed by atoms with Gasteiger partial charge in [0.1, 0.15) is 0 Å². The molecule has 1 nitrogen and oxygen atoms in total. The first kappa shape index (κ1) is 16.4. The van der Waals surface area contributed by atoms with Crippen LogP contribution in [0.3, 0.4) is 0 Å². The van der Waals surface area contributed by atoms with Crippen molar-refractivity contribution in [2.24, 2.45) is 5.92 Å². The Kier molecular flexibility index (Phi) is 7.47. The summed E-state index contributed by atoms with van der Waals surface area (Å²) < 4.78 is 1.18. The van der Waals surface area contributed by atoms with E-state index in [9.17, 15) is 0 Å². The summed E-state index contributed by atoms with van der Waals surface area (Å²) in [6, 6.07) is 9.34. The summed E-state index contributed by atoms with van der Waals surface area (Å²) in [5.41, 5.74) is 0. The number of hydrogen-bond acceptors (Lipinski definition) is 2. The fraction of sp³-hybridized carbons (Fsp3) is 0.647. The maximum absolute atomic E-state index is 3.79. The highest BCUT2D eigenvalue weighted by Crippen LogP contribution is 2.30. The Bertz CT molecular complexity index is 390. The zero-order valence-electron chi connectivity index (χ0n) is 12.4. The highest BCUT2D eigenvalue weighted by atomic mass is 79.9. The van der Waals surface area contributed by atoms with Gasteiger partial charge in [-0.2, -0.15) is 0 Å². The van der Waals surface area contributed by atoms with Crippen LogP contribution in [0.5, 0.6) is 0 Å². The molecule has 0 spiro atoms. The lowest BCUT2D eigenvalue weighted by Crippen LogP contribution is -2.39. The smallest absolute Gasteiger partial charge is 0.0189 e. The minimum Gasteiger partial charge on any atom is -0.313 e. The highest BCUT2D eigenvalue weighted by Gasteiger charge is 2.23. The Morgan fingerprint density at radius 2 is 2.10 bits per heavy atom. The monoisotopic (exact) mass is 355 g/mol. The molecule has 1 fully saturated rings. The molecule has 0 amide bonds. The van der Waals surface area contributed by atoms with Crippen molar-refractivity contribution in [2.75, 3.05) is 12.3 Å². The predicted molar refractivity (Wildman–Crippen MR) is 93.5 cm³/mol. The van der Waals surface area contributed by atoms with E-state index in [1.54, 1.807) is 0 Å². The molecule has 1 aromatic rings. The molecular weight excluding hydrogens is 330 g/mol. The molecule has 1 aliphatic rings. The van der Waals surface area contributed by atoms with Crippen LogP contribution in [0.25, 0.3) is 0 Å². The van der Waals surface area contributed by atoms with Crippen molar-refractivity contribution in [3.8, 4) is 0 Å². The number of thioether (sulfide) groups is 1. The van der Waals surface area contributed by atoms with Gasteiger partial charge in [-0.25, -0.2) is 0 Å². The first-order valence-corrected chi connectivity index (χ1v) is 9.69. The van der Waals surface area contributed by atoms with Crippen LogP contribution in [-0.4, -0.2) is 18.3 Å². The van der Waals surface area contributed by atoms with Gasteiger partial charge in [0, 0.05) is 21.2 Å². The number of hydrogen-bond donors (Lipinski definition) is 1. The van der Waals surface area contributed by atoms with E-state index in [4.69, 9.17) is 0 Å². The first-order valence-electron chi connectivity index (χ1n) is 7.91. The average molecular weight is 356 g/mol. The van der Waals surface area contributed by atoms with E-state index < -0.39 is 0 Å². The maximum Gasteiger partial charge on any atom is 0.0189 e. The van der Waals surface area contributed by atoms with Gasteiger partial charge >= 0.3 is 0 Å². The summed E-state index contributed by atoms with van der Waals surface area (Å²) in [6.07, 6.45) is 8.36. The van der Waals surface area contributed by atoms with Crippen LogP contribution in [0.1, 0.15) is 45.4 Å². The molecule has 1 unspecified atom stereocenters. The van der Waals surface area contributed by atoms with Crippen LogP contribution < -0.4 is 5.32 Å². The molecule has 0 bridgehead atoms. The van der Waals surface area contributed by atoms with Crippen molar-refractivity contribution in [3.63, 3.8) is 0 Å². The SMILES string of the molecule is CCCNC(CSc1cccc(Br)c1)C1CCCCC1. The Hall–Kier alpha value is 0.01000. The molecule has 2 rings (SSSR count). The van der Waals surface area contributed by atoms with E-state index >= 15 is 0 Å². The zero-order valence-corrected chi connectivity index (χ0v) is 14.8. The molecule has 0 heterocycles. The van der Waals surface area contributed by atoms with Crippen molar-refractivity contribution in [1.82, 2.24) is 5.32 Å². The molecule has 1 saturated carbocycles. The molecule has 1 N–H and O–H groups in total. The third-order valence-corrected chi connectivity index (χ3v) is 5.71. The van der Waals surface area contributed by atoms with Crippen LogP contribution in [0.4, 0.5) is 0 Å². The molecule has 20 heavy (non-hydrogen) atoms. The number of rotatable bonds is 7. The number of benzene rings is 1. The van der Waals surface area contributed by atoms with Crippen molar-refractivity contribution in [1.29, 1.82) is 0 Å². The molecule has 0 saturated heterocycles. The van der Waals surface area contributed by atoms with E-state index in [2.05, 4.69) is 52.4 Å². The summed E-state index contributed by atoms with van der Waals surface area (Å²) >= 11 is 5.55. The van der Waals surface area contributed by atoms with E-state index in [1.807, 2.05) is 11.8 Å². The van der Waals surface area contributed by atoms with E-state index in [0.29, 0.717) is 6.04 Å². The van der Waals surface area contributed by atoms with Gasteiger partial charge in [-0.1, -0.05) is 48.2 Å². The second-order valence-electron chi connectivity index (χ2n) is 5.73. The lowest BCUT2D eigenvalue weighted by molar-refractivity contribution is 0.285. The molecule has 112 valence electrons. The standard InChI is InChI=1S/C17H26BrNS/c1-2-11-19-17(14-7-4-3-5-8-14)13-20-16-10-6-9-15(18)12-16/h6,9-10,12,14,17,19H,2-5,7-8,11,13H2,1H3. The molecular formula is C17H26BrNS. The van der Waals surface area contributed by atoms with Gasteiger partial charge in [0.25, 0.3) is 0 Å². The van der Waals surface area contributed by atoms with E-state index in [-0.39, 0.29) is 0 Å². The second kappa shape index (κ2) is 9.11. The summed E-state index contributed by atoms with van der Waals surface area (Å²) in [7, 11) is 0. The van der Waals surface area contributed by atoms with Crippen molar-refractivity contribution in [2.45, 2.75) is 56.4 Å². The highest BCUT2D eigenvalue weighted by molar-refractivity contribution is 9.10. The van der Waals surface area contributed by atoms with Gasteiger partial charge in [-0.3, -0.25) is 0 Å². The third-order valence-electron chi connectivity index (χ3n) is 4.10. The minimum atomic E-state index is 0.680. The van der Waals surface area contributed by atoms with Crippen LogP contribution >= 0.6 is 27.7 Å². The predicted octanol–water partition coefficient (Wildman–Crippen LogP) is 5.49. The normalized spacial score (nSPS) is 18.1. The molecule has 1 atom stereocenters. The Balaban J connectivity index is 1.89. The average Bonchev–Trinajstić information content (AvgIpc) is 2.48. The second-order valence-corrected chi connectivity index (χ2v) is 7.74. The lowest BCUT2D eigenvalue weighted by Gasteiger charge is -2.31. The zero-order chi connectivity index (χ0) is 14.2. The maximum atomic E-state index is 3.79. The van der Waals surface area contributed by atoms with Gasteiger partial charge in [0.2, 0.25) is 0 Å².